The van der Waals surface area contributed by atoms with E-state index in [1.165, 1.54) is 0 Å². The Bertz CT molecular complexity index is 804. The number of hydrogen-bond donors (Lipinski definition) is 0. The van der Waals surface area contributed by atoms with Gasteiger partial charge in [0.25, 0.3) is 0 Å². The molecule has 0 spiro atoms. The van der Waals surface area contributed by atoms with Crippen LogP contribution >= 0.6 is 11.6 Å². The fourth-order valence-corrected chi connectivity index (χ4v) is 4.17. The van der Waals surface area contributed by atoms with E-state index in [1.807, 2.05) is 29.2 Å². The quantitative estimate of drug-likeness (QED) is 0.741. The molecule has 1 amide bonds. The van der Waals surface area contributed by atoms with Gasteiger partial charge in [-0.25, -0.2) is 4.98 Å². The summed E-state index contributed by atoms with van der Waals surface area (Å²) in [6, 6.07) is 7.51. The molecular weight excluding hydrogens is 378 g/mol. The molecule has 1 aromatic carbocycles. The van der Waals surface area contributed by atoms with E-state index in [2.05, 4.69) is 9.88 Å². The largest absolute Gasteiger partial charge is 0.441 e. The number of carbonyl (C=O) groups excluding carboxylic acids is 1. The van der Waals surface area contributed by atoms with Crippen molar-refractivity contribution in [2.24, 2.45) is 5.92 Å². The van der Waals surface area contributed by atoms with Crippen LogP contribution in [0.1, 0.15) is 18.7 Å². The third-order valence-corrected chi connectivity index (χ3v) is 5.83. The molecule has 0 aliphatic carbocycles. The third kappa shape index (κ3) is 4.74. The van der Waals surface area contributed by atoms with Crippen molar-refractivity contribution >= 4 is 17.5 Å². The van der Waals surface area contributed by atoms with Gasteiger partial charge in [0.1, 0.15) is 0 Å². The molecule has 0 unspecified atom stereocenters. The van der Waals surface area contributed by atoms with Gasteiger partial charge in [-0.1, -0.05) is 23.7 Å². The molecule has 4 rings (SSSR count). The highest BCUT2D eigenvalue weighted by Gasteiger charge is 2.28. The first-order valence-corrected chi connectivity index (χ1v) is 10.3. The maximum atomic E-state index is 12.6. The van der Waals surface area contributed by atoms with Crippen LogP contribution in [-0.4, -0.2) is 66.6 Å². The first-order chi connectivity index (χ1) is 13.7. The van der Waals surface area contributed by atoms with Gasteiger partial charge < -0.3 is 14.1 Å². The molecule has 2 saturated heterocycles. The van der Waals surface area contributed by atoms with Gasteiger partial charge in [0.2, 0.25) is 5.91 Å². The van der Waals surface area contributed by atoms with Crippen molar-refractivity contribution in [1.82, 2.24) is 14.8 Å². The van der Waals surface area contributed by atoms with Gasteiger partial charge in [-0.05, 0) is 24.5 Å². The molecular formula is C21H26ClN3O3. The minimum Gasteiger partial charge on any atom is -0.441 e. The number of morpholine rings is 1. The van der Waals surface area contributed by atoms with E-state index < -0.39 is 0 Å². The predicted molar refractivity (Wildman–Crippen MR) is 107 cm³/mol. The van der Waals surface area contributed by atoms with Crippen LogP contribution in [0.15, 0.2) is 34.9 Å². The number of likely N-dealkylation sites (tertiary alicyclic amines) is 1. The summed E-state index contributed by atoms with van der Waals surface area (Å²) in [6.07, 6.45) is 3.69. The van der Waals surface area contributed by atoms with Gasteiger partial charge >= 0.3 is 0 Å². The van der Waals surface area contributed by atoms with Crippen LogP contribution < -0.4 is 0 Å². The maximum Gasteiger partial charge on any atom is 0.223 e. The zero-order valence-corrected chi connectivity index (χ0v) is 16.7. The van der Waals surface area contributed by atoms with Crippen molar-refractivity contribution < 1.29 is 13.9 Å². The molecule has 150 valence electrons. The van der Waals surface area contributed by atoms with Gasteiger partial charge in [-0.15, -0.1) is 0 Å². The molecule has 0 N–H and O–H groups in total. The molecule has 3 heterocycles. The Morgan fingerprint density at radius 1 is 1.21 bits per heavy atom. The van der Waals surface area contributed by atoms with Crippen LogP contribution in [0, 0.1) is 5.92 Å². The smallest absolute Gasteiger partial charge is 0.223 e. The molecule has 0 radical (unpaired) electrons. The summed E-state index contributed by atoms with van der Waals surface area (Å²) in [5.74, 6) is 1.96. The highest BCUT2D eigenvalue weighted by atomic mass is 35.5. The zero-order chi connectivity index (χ0) is 19.3. The molecule has 2 aliphatic rings. The van der Waals surface area contributed by atoms with Gasteiger partial charge in [0.05, 0.1) is 24.4 Å². The van der Waals surface area contributed by atoms with Crippen LogP contribution in [0.2, 0.25) is 5.02 Å². The van der Waals surface area contributed by atoms with Gasteiger partial charge in [0.15, 0.2) is 11.7 Å². The summed E-state index contributed by atoms with van der Waals surface area (Å²) in [5.41, 5.74) is 0.819. The first-order valence-electron chi connectivity index (χ1n) is 9.96. The van der Waals surface area contributed by atoms with Crippen LogP contribution in [0.5, 0.6) is 0 Å². The van der Waals surface area contributed by atoms with Crippen molar-refractivity contribution in [3.63, 3.8) is 0 Å². The summed E-state index contributed by atoms with van der Waals surface area (Å²) in [6.45, 7) is 6.42. The Balaban J connectivity index is 1.25. The lowest BCUT2D eigenvalue weighted by Crippen LogP contribution is -2.40. The topological polar surface area (TPSA) is 58.8 Å². The van der Waals surface area contributed by atoms with Crippen molar-refractivity contribution in [2.75, 3.05) is 45.9 Å². The van der Waals surface area contributed by atoms with Crippen LogP contribution in [0.4, 0.5) is 0 Å². The third-order valence-electron chi connectivity index (χ3n) is 5.50. The van der Waals surface area contributed by atoms with Crippen molar-refractivity contribution in [3.05, 3.63) is 41.4 Å². The van der Waals surface area contributed by atoms with E-state index >= 15 is 0 Å². The van der Waals surface area contributed by atoms with E-state index in [-0.39, 0.29) is 5.91 Å². The van der Waals surface area contributed by atoms with Gasteiger partial charge in [0, 0.05) is 51.1 Å². The number of ether oxygens (including phenoxy) is 1. The number of oxazole rings is 1. The number of rotatable bonds is 6. The SMILES string of the molecule is O=C(CCc1ncc(-c2ccccc2Cl)o1)N1CC[C@H](CN2CCOCC2)C1. The summed E-state index contributed by atoms with van der Waals surface area (Å²) in [7, 11) is 0. The molecule has 2 aromatic rings. The second-order valence-electron chi connectivity index (χ2n) is 7.51. The molecule has 7 heteroatoms. The van der Waals surface area contributed by atoms with Crippen LogP contribution in [0.3, 0.4) is 0 Å². The van der Waals surface area contributed by atoms with Gasteiger partial charge in [-0.2, -0.15) is 0 Å². The monoisotopic (exact) mass is 403 g/mol. The van der Waals surface area contributed by atoms with Crippen LogP contribution in [-0.2, 0) is 16.0 Å². The summed E-state index contributed by atoms with van der Waals surface area (Å²) in [4.78, 5) is 21.3. The number of benzene rings is 1. The van der Waals surface area contributed by atoms with Crippen molar-refractivity contribution in [1.29, 1.82) is 0 Å². The second-order valence-corrected chi connectivity index (χ2v) is 7.91. The highest BCUT2D eigenvalue weighted by molar-refractivity contribution is 6.33. The second kappa shape index (κ2) is 9.07. The Labute approximate surface area is 170 Å². The molecule has 6 nitrogen and oxygen atoms in total. The standard InChI is InChI=1S/C21H26ClN3O3/c22-18-4-2-1-3-17(18)19-13-23-20(28-19)5-6-21(26)25-8-7-16(15-25)14-24-9-11-27-12-10-24/h1-4,13,16H,5-12,14-15H2/t16-/m1/s1. The molecule has 1 aromatic heterocycles. The molecule has 2 fully saturated rings. The average Bonchev–Trinajstić information content (AvgIpc) is 3.37. The van der Waals surface area contributed by atoms with E-state index in [0.717, 1.165) is 57.9 Å². The Kier molecular flexibility index (Phi) is 6.29. The Hall–Kier alpha value is -1.89. The van der Waals surface area contributed by atoms with Crippen LogP contribution in [0.25, 0.3) is 11.3 Å². The minimum absolute atomic E-state index is 0.182. The molecule has 0 bridgehead atoms. The lowest BCUT2D eigenvalue weighted by Gasteiger charge is -2.29. The lowest BCUT2D eigenvalue weighted by molar-refractivity contribution is -0.130. The summed E-state index contributed by atoms with van der Waals surface area (Å²) < 4.78 is 11.2. The predicted octanol–water partition coefficient (Wildman–Crippen LogP) is 3.11. The fraction of sp³-hybridized carbons (Fsp3) is 0.524. The average molecular weight is 404 g/mol. The number of carbonyl (C=O) groups is 1. The number of hydrogen-bond acceptors (Lipinski definition) is 5. The molecule has 2 aliphatic heterocycles. The van der Waals surface area contributed by atoms with E-state index in [4.69, 9.17) is 20.8 Å². The van der Waals surface area contributed by atoms with Gasteiger partial charge in [-0.3, -0.25) is 9.69 Å². The normalized spacial score (nSPS) is 20.6. The Morgan fingerprint density at radius 3 is 2.86 bits per heavy atom. The van der Waals surface area contributed by atoms with E-state index in [9.17, 15) is 4.79 Å². The maximum absolute atomic E-state index is 12.6. The van der Waals surface area contributed by atoms with E-state index in [1.54, 1.807) is 6.20 Å². The summed E-state index contributed by atoms with van der Waals surface area (Å²) >= 11 is 6.21. The van der Waals surface area contributed by atoms with Crippen molar-refractivity contribution in [2.45, 2.75) is 19.3 Å². The number of nitrogens with zero attached hydrogens (tertiary/aromatic N) is 3. The fourth-order valence-electron chi connectivity index (χ4n) is 3.94. The first kappa shape index (κ1) is 19.4. The Morgan fingerprint density at radius 2 is 2.04 bits per heavy atom. The molecule has 28 heavy (non-hydrogen) atoms. The zero-order valence-electron chi connectivity index (χ0n) is 16.0. The minimum atomic E-state index is 0.182. The van der Waals surface area contributed by atoms with Crippen molar-refractivity contribution in [3.8, 4) is 11.3 Å². The summed E-state index contributed by atoms with van der Waals surface area (Å²) in [5, 5.41) is 0.629. The number of halogens is 1. The number of aryl methyl sites for hydroxylation is 1. The van der Waals surface area contributed by atoms with E-state index in [0.29, 0.717) is 35.4 Å². The number of amides is 1. The molecule has 1 atom stereocenters. The highest BCUT2D eigenvalue weighted by Crippen LogP contribution is 2.28. The lowest BCUT2D eigenvalue weighted by atomic mass is 10.1. The number of aromatic nitrogens is 1. The molecule has 0 saturated carbocycles.